The minimum absolute atomic E-state index is 0.104. The third-order valence-corrected chi connectivity index (χ3v) is 7.55. The first-order valence-electron chi connectivity index (χ1n) is 12.7. The maximum Gasteiger partial charge on any atom is 0.490 e. The Hall–Kier alpha value is -3.75. The number of alkyl halides is 6. The van der Waals surface area contributed by atoms with E-state index in [4.69, 9.17) is 19.4 Å². The summed E-state index contributed by atoms with van der Waals surface area (Å²) < 4.78 is 95.2. The second-order valence-corrected chi connectivity index (χ2v) is 10.1. The number of hydrogen-bond acceptors (Lipinski definition) is 5. The molecule has 4 rings (SSSR count). The predicted octanol–water partition coefficient (Wildman–Crippen LogP) is 5.81. The van der Waals surface area contributed by atoms with Gasteiger partial charge in [-0.2, -0.15) is 26.3 Å². The van der Waals surface area contributed by atoms with E-state index >= 15 is 0 Å². The number of hydrogen-bond donors (Lipinski definition) is 3. The van der Waals surface area contributed by atoms with Gasteiger partial charge in [0, 0.05) is 23.2 Å². The van der Waals surface area contributed by atoms with Crippen LogP contribution in [0.2, 0.25) is 0 Å². The normalized spacial score (nSPS) is 22.3. The van der Waals surface area contributed by atoms with E-state index in [0.29, 0.717) is 30.4 Å². The monoisotopic (exact) mass is 609 g/mol. The first-order chi connectivity index (χ1) is 19.5. The van der Waals surface area contributed by atoms with Crippen molar-refractivity contribution in [2.45, 2.75) is 55.5 Å². The molecule has 1 aliphatic heterocycles. The number of aliphatic carboxylic acids is 1. The van der Waals surface area contributed by atoms with E-state index in [1.165, 1.54) is 0 Å². The molecular formula is C27H30F7N3O5. The van der Waals surface area contributed by atoms with Gasteiger partial charge in [0.15, 0.2) is 11.5 Å². The van der Waals surface area contributed by atoms with Crippen LogP contribution in [-0.2, 0) is 16.4 Å². The van der Waals surface area contributed by atoms with Gasteiger partial charge in [-0.1, -0.05) is 6.07 Å². The molecule has 3 atom stereocenters. The summed E-state index contributed by atoms with van der Waals surface area (Å²) in [7, 11) is 5.26. The number of likely N-dealkylation sites (tertiary alicyclic amines) is 1. The number of anilines is 1. The Morgan fingerprint density at radius 3 is 2.21 bits per heavy atom. The second kappa shape index (κ2) is 12.6. The Morgan fingerprint density at radius 2 is 1.64 bits per heavy atom. The molecule has 1 saturated heterocycles. The van der Waals surface area contributed by atoms with Gasteiger partial charge in [0.2, 0.25) is 0 Å². The zero-order valence-corrected chi connectivity index (χ0v) is 22.8. The van der Waals surface area contributed by atoms with E-state index in [1.807, 2.05) is 12.1 Å². The molecule has 0 radical (unpaired) electrons. The number of rotatable bonds is 5. The number of amides is 2. The summed E-state index contributed by atoms with van der Waals surface area (Å²) in [6, 6.07) is 7.30. The summed E-state index contributed by atoms with van der Waals surface area (Å²) in [5, 5.41) is 12.3. The van der Waals surface area contributed by atoms with Gasteiger partial charge >= 0.3 is 24.4 Å². The van der Waals surface area contributed by atoms with Crippen LogP contribution in [0.15, 0.2) is 36.4 Å². The minimum atomic E-state index is -5.08. The average molecular weight is 610 g/mol. The lowest BCUT2D eigenvalue weighted by Gasteiger charge is -2.45. The highest BCUT2D eigenvalue weighted by Gasteiger charge is 2.50. The highest BCUT2D eigenvalue weighted by molar-refractivity contribution is 5.89. The SMILES string of the molecule is COc1ccc([C@@]23CC[C@@H](NC(=O)Nc4cc(F)cc(C(F)(F)F)c4)C[C@@H]2N(C)CC3)cc1OC.O=C(O)C(F)(F)F. The fraction of sp³-hybridized carbons (Fsp3) is 0.481. The summed E-state index contributed by atoms with van der Waals surface area (Å²) in [4.78, 5) is 23.7. The van der Waals surface area contributed by atoms with Gasteiger partial charge < -0.3 is 30.1 Å². The van der Waals surface area contributed by atoms with Gasteiger partial charge in [-0.15, -0.1) is 0 Å². The lowest BCUT2D eigenvalue weighted by atomic mass is 9.65. The fourth-order valence-electron chi connectivity index (χ4n) is 5.57. The van der Waals surface area contributed by atoms with Gasteiger partial charge in [-0.25, -0.2) is 14.0 Å². The Kier molecular flexibility index (Phi) is 9.85. The van der Waals surface area contributed by atoms with Crippen molar-refractivity contribution in [2.24, 2.45) is 0 Å². The number of carboxylic acids is 1. The molecule has 2 amide bonds. The first kappa shape index (κ1) is 32.8. The second-order valence-electron chi connectivity index (χ2n) is 10.1. The number of benzene rings is 2. The minimum Gasteiger partial charge on any atom is -0.493 e. The molecule has 42 heavy (non-hydrogen) atoms. The number of ether oxygens (including phenoxy) is 2. The highest BCUT2D eigenvalue weighted by atomic mass is 19.4. The maximum absolute atomic E-state index is 13.7. The van der Waals surface area contributed by atoms with Crippen molar-refractivity contribution in [2.75, 3.05) is 33.1 Å². The molecule has 3 N–H and O–H groups in total. The number of likely N-dealkylation sites (N-methyl/N-ethyl adjacent to an activating group) is 1. The Balaban J connectivity index is 0.000000616. The van der Waals surface area contributed by atoms with Crippen molar-refractivity contribution in [3.05, 3.63) is 53.3 Å². The molecule has 2 aromatic carbocycles. The summed E-state index contributed by atoms with van der Waals surface area (Å²) in [6.45, 7) is 0.904. The van der Waals surface area contributed by atoms with E-state index in [9.17, 15) is 35.5 Å². The van der Waals surface area contributed by atoms with Crippen molar-refractivity contribution in [3.63, 3.8) is 0 Å². The summed E-state index contributed by atoms with van der Waals surface area (Å²) in [5.74, 6) is -2.50. The number of carbonyl (C=O) groups excluding carboxylic acids is 1. The number of nitrogens with one attached hydrogen (secondary N) is 2. The van der Waals surface area contributed by atoms with Gasteiger partial charge in [0.1, 0.15) is 5.82 Å². The molecule has 1 heterocycles. The van der Waals surface area contributed by atoms with Crippen molar-refractivity contribution in [1.82, 2.24) is 10.2 Å². The van der Waals surface area contributed by atoms with E-state index in [1.54, 1.807) is 14.2 Å². The topological polar surface area (TPSA) is 100 Å². The molecule has 0 bridgehead atoms. The van der Waals surface area contributed by atoms with Gasteiger partial charge in [0.05, 0.1) is 19.8 Å². The number of halogens is 7. The molecule has 1 saturated carbocycles. The molecule has 15 heteroatoms. The maximum atomic E-state index is 13.7. The van der Waals surface area contributed by atoms with Crippen LogP contribution < -0.4 is 20.1 Å². The Morgan fingerprint density at radius 1 is 1.00 bits per heavy atom. The first-order valence-corrected chi connectivity index (χ1v) is 12.7. The Bertz CT molecular complexity index is 1290. The lowest BCUT2D eigenvalue weighted by molar-refractivity contribution is -0.192. The van der Waals surface area contributed by atoms with Crippen LogP contribution in [0.1, 0.15) is 36.8 Å². The van der Waals surface area contributed by atoms with Crippen LogP contribution in [0.3, 0.4) is 0 Å². The van der Waals surface area contributed by atoms with Crippen LogP contribution in [0.25, 0.3) is 0 Å². The van der Waals surface area contributed by atoms with Gasteiger partial charge in [-0.05, 0) is 75.2 Å². The summed E-state index contributed by atoms with van der Waals surface area (Å²) in [6.07, 6.45) is -6.64. The molecular weight excluding hydrogens is 579 g/mol. The third kappa shape index (κ3) is 7.55. The molecule has 0 spiro atoms. The van der Waals surface area contributed by atoms with E-state index < -0.39 is 35.7 Å². The fourth-order valence-corrected chi connectivity index (χ4v) is 5.57. The zero-order valence-electron chi connectivity index (χ0n) is 22.8. The lowest BCUT2D eigenvalue weighted by Crippen LogP contribution is -2.52. The zero-order chi connectivity index (χ0) is 31.5. The van der Waals surface area contributed by atoms with Crippen molar-refractivity contribution in [1.29, 1.82) is 0 Å². The molecule has 8 nitrogen and oxygen atoms in total. The third-order valence-electron chi connectivity index (χ3n) is 7.55. The Labute approximate surface area is 236 Å². The predicted molar refractivity (Wildman–Crippen MR) is 137 cm³/mol. The molecule has 1 aliphatic carbocycles. The van der Waals surface area contributed by atoms with Crippen molar-refractivity contribution >= 4 is 17.7 Å². The van der Waals surface area contributed by atoms with E-state index in [0.717, 1.165) is 37.1 Å². The van der Waals surface area contributed by atoms with Crippen molar-refractivity contribution in [3.8, 4) is 11.5 Å². The highest BCUT2D eigenvalue weighted by Crippen LogP contribution is 2.50. The van der Waals surface area contributed by atoms with E-state index in [2.05, 4.69) is 28.6 Å². The molecule has 0 unspecified atom stereocenters. The van der Waals surface area contributed by atoms with Crippen LogP contribution in [0, 0.1) is 5.82 Å². The number of carboxylic acid groups (broad SMARTS) is 1. The molecule has 2 aromatic rings. The number of carbonyl (C=O) groups is 2. The molecule has 0 aromatic heterocycles. The number of urea groups is 1. The average Bonchev–Trinajstić information content (AvgIpc) is 3.24. The van der Waals surface area contributed by atoms with Crippen LogP contribution in [0.5, 0.6) is 11.5 Å². The number of fused-ring (bicyclic) bond motifs is 1. The molecule has 2 fully saturated rings. The summed E-state index contributed by atoms with van der Waals surface area (Å²) in [5.41, 5.74) is -0.347. The van der Waals surface area contributed by atoms with Crippen molar-refractivity contribution < 1.29 is 54.9 Å². The standard InChI is InChI=1S/C25H29F4N3O3.C2HF3O2/c1-32-9-8-24(15-4-5-20(34-2)21(12-15)35-3)7-6-18(14-22(24)32)30-23(33)31-19-11-16(25(27,28)29)10-17(26)13-19;3-2(4,5)1(6)7/h4-5,10-13,18,22H,6-9,14H2,1-3H3,(H2,30,31,33);(H,6,7)/t18-,22+,24+;/m1./s1. The number of methoxy groups -OCH3 is 2. The smallest absolute Gasteiger partial charge is 0.490 e. The van der Waals surface area contributed by atoms with Crippen LogP contribution >= 0.6 is 0 Å². The summed E-state index contributed by atoms with van der Waals surface area (Å²) >= 11 is 0. The molecule has 2 aliphatic rings. The van der Waals surface area contributed by atoms with E-state index in [-0.39, 0.29) is 23.2 Å². The van der Waals surface area contributed by atoms with Gasteiger partial charge in [0.25, 0.3) is 0 Å². The van der Waals surface area contributed by atoms with Crippen LogP contribution in [-0.4, -0.2) is 68.1 Å². The van der Waals surface area contributed by atoms with Crippen LogP contribution in [0.4, 0.5) is 41.2 Å². The van der Waals surface area contributed by atoms with Gasteiger partial charge in [-0.3, -0.25) is 0 Å². The largest absolute Gasteiger partial charge is 0.493 e. The number of nitrogens with zero attached hydrogens (tertiary/aromatic N) is 1. The quantitative estimate of drug-likeness (QED) is 0.370. The molecule has 232 valence electrons.